The van der Waals surface area contributed by atoms with Crippen LogP contribution in [0.25, 0.3) is 0 Å². The fraction of sp³-hybridized carbons (Fsp3) is 1.00. The van der Waals surface area contributed by atoms with Gasteiger partial charge in [0, 0.05) is 25.0 Å². The van der Waals surface area contributed by atoms with Gasteiger partial charge in [-0.3, -0.25) is 4.90 Å². The van der Waals surface area contributed by atoms with Crippen LogP contribution in [0, 0.1) is 5.92 Å². The van der Waals surface area contributed by atoms with Gasteiger partial charge in [-0.15, -0.1) is 11.6 Å². The fourth-order valence-electron chi connectivity index (χ4n) is 1.63. The molecule has 0 aromatic heterocycles. The number of hydrogen-bond donors (Lipinski definition) is 0. The number of ether oxygens (including phenoxy) is 1. The predicted octanol–water partition coefficient (Wildman–Crippen LogP) is 1.97. The molecule has 0 aliphatic carbocycles. The van der Waals surface area contributed by atoms with Crippen LogP contribution in [-0.4, -0.2) is 42.6 Å². The van der Waals surface area contributed by atoms with Gasteiger partial charge < -0.3 is 4.74 Å². The fourth-order valence-corrected chi connectivity index (χ4v) is 1.81. The lowest BCUT2D eigenvalue weighted by atomic mass is 10.0. The second-order valence-corrected chi connectivity index (χ2v) is 4.44. The Hall–Kier alpha value is 0.210. The average Bonchev–Trinajstić information content (AvgIpc) is 2.16. The summed E-state index contributed by atoms with van der Waals surface area (Å²) in [5, 5.41) is 0. The molecule has 1 rings (SSSR count). The molecular weight excluding hydrogens is 186 g/mol. The molecule has 1 heterocycles. The summed E-state index contributed by atoms with van der Waals surface area (Å²) in [6.07, 6.45) is 0.233. The van der Waals surface area contributed by atoms with Gasteiger partial charge in [-0.05, 0) is 12.8 Å². The van der Waals surface area contributed by atoms with Crippen molar-refractivity contribution in [2.75, 3.05) is 25.6 Å². The van der Waals surface area contributed by atoms with E-state index in [4.69, 9.17) is 16.3 Å². The molecule has 1 saturated heterocycles. The van der Waals surface area contributed by atoms with Crippen molar-refractivity contribution in [1.29, 1.82) is 0 Å². The van der Waals surface area contributed by atoms with Gasteiger partial charge >= 0.3 is 0 Å². The first-order valence-corrected chi connectivity index (χ1v) is 5.60. The van der Waals surface area contributed by atoms with Gasteiger partial charge in [0.1, 0.15) is 0 Å². The minimum atomic E-state index is 0.233. The molecular formula is C10H20ClNO. The monoisotopic (exact) mass is 205 g/mol. The maximum absolute atomic E-state index is 5.78. The van der Waals surface area contributed by atoms with E-state index in [9.17, 15) is 0 Å². The molecule has 0 amide bonds. The molecule has 78 valence electrons. The van der Waals surface area contributed by atoms with Crippen LogP contribution in [0.3, 0.4) is 0 Å². The highest BCUT2D eigenvalue weighted by Gasteiger charge is 2.24. The zero-order chi connectivity index (χ0) is 9.84. The summed E-state index contributed by atoms with van der Waals surface area (Å²) in [7, 11) is 0. The van der Waals surface area contributed by atoms with Crippen molar-refractivity contribution in [2.24, 2.45) is 5.92 Å². The lowest BCUT2D eigenvalue weighted by Gasteiger charge is -2.37. The third kappa shape index (κ3) is 3.12. The summed E-state index contributed by atoms with van der Waals surface area (Å²) in [4.78, 5) is 2.47. The molecule has 2 nitrogen and oxygen atoms in total. The van der Waals surface area contributed by atoms with Crippen LogP contribution in [0.4, 0.5) is 0 Å². The molecule has 0 aromatic rings. The zero-order valence-electron chi connectivity index (χ0n) is 8.79. The van der Waals surface area contributed by atoms with Crippen molar-refractivity contribution >= 4 is 11.6 Å². The van der Waals surface area contributed by atoms with Crippen LogP contribution >= 0.6 is 11.6 Å². The van der Waals surface area contributed by atoms with Crippen molar-refractivity contribution in [1.82, 2.24) is 4.90 Å². The molecule has 0 aromatic carbocycles. The van der Waals surface area contributed by atoms with Gasteiger partial charge in [-0.2, -0.15) is 0 Å². The minimum absolute atomic E-state index is 0.233. The molecule has 0 N–H and O–H groups in total. The lowest BCUT2D eigenvalue weighted by molar-refractivity contribution is -0.0362. The van der Waals surface area contributed by atoms with Crippen LogP contribution < -0.4 is 0 Å². The zero-order valence-corrected chi connectivity index (χ0v) is 9.55. The second kappa shape index (κ2) is 5.18. The van der Waals surface area contributed by atoms with Gasteiger partial charge in [0.15, 0.2) is 0 Å². The molecule has 2 atom stereocenters. The second-order valence-electron chi connectivity index (χ2n) is 4.13. The SMILES string of the molecule is CC(C)C(C)N1CCOC(CCl)C1. The van der Waals surface area contributed by atoms with E-state index in [-0.39, 0.29) is 6.10 Å². The molecule has 1 aliphatic heterocycles. The standard InChI is InChI=1S/C10H20ClNO/c1-8(2)9(3)12-4-5-13-10(6-11)7-12/h8-10H,4-7H2,1-3H3. The topological polar surface area (TPSA) is 12.5 Å². The Morgan fingerprint density at radius 2 is 2.15 bits per heavy atom. The molecule has 3 heteroatoms. The van der Waals surface area contributed by atoms with Gasteiger partial charge in [0.05, 0.1) is 12.7 Å². The van der Waals surface area contributed by atoms with Crippen molar-refractivity contribution in [3.8, 4) is 0 Å². The van der Waals surface area contributed by atoms with E-state index in [2.05, 4.69) is 25.7 Å². The van der Waals surface area contributed by atoms with Crippen LogP contribution in [0.1, 0.15) is 20.8 Å². The summed E-state index contributed by atoms with van der Waals surface area (Å²) >= 11 is 5.78. The van der Waals surface area contributed by atoms with E-state index in [1.807, 2.05) is 0 Å². The highest BCUT2D eigenvalue weighted by atomic mass is 35.5. The Kier molecular flexibility index (Phi) is 4.50. The Labute approximate surface area is 86.2 Å². The minimum Gasteiger partial charge on any atom is -0.374 e. The van der Waals surface area contributed by atoms with E-state index < -0.39 is 0 Å². The maximum Gasteiger partial charge on any atom is 0.0837 e. The average molecular weight is 206 g/mol. The molecule has 1 aliphatic rings. The maximum atomic E-state index is 5.78. The van der Waals surface area contributed by atoms with Crippen molar-refractivity contribution in [3.63, 3.8) is 0 Å². The van der Waals surface area contributed by atoms with Crippen molar-refractivity contribution in [3.05, 3.63) is 0 Å². The van der Waals surface area contributed by atoms with E-state index in [1.54, 1.807) is 0 Å². The number of halogens is 1. The van der Waals surface area contributed by atoms with Crippen molar-refractivity contribution in [2.45, 2.75) is 32.9 Å². The van der Waals surface area contributed by atoms with E-state index in [0.717, 1.165) is 19.7 Å². The Morgan fingerprint density at radius 3 is 2.69 bits per heavy atom. The van der Waals surface area contributed by atoms with Crippen molar-refractivity contribution < 1.29 is 4.74 Å². The van der Waals surface area contributed by atoms with Gasteiger partial charge in [0.2, 0.25) is 0 Å². The quantitative estimate of drug-likeness (QED) is 0.654. The highest BCUT2D eigenvalue weighted by Crippen LogP contribution is 2.15. The number of rotatable bonds is 3. The number of nitrogens with zero attached hydrogens (tertiary/aromatic N) is 1. The van der Waals surface area contributed by atoms with Gasteiger partial charge in [0.25, 0.3) is 0 Å². The summed E-state index contributed by atoms with van der Waals surface area (Å²) < 4.78 is 5.51. The molecule has 0 radical (unpaired) electrons. The van der Waals surface area contributed by atoms with E-state index >= 15 is 0 Å². The Balaban J connectivity index is 2.41. The largest absolute Gasteiger partial charge is 0.374 e. The van der Waals surface area contributed by atoms with Crippen LogP contribution in [0.5, 0.6) is 0 Å². The van der Waals surface area contributed by atoms with E-state index in [1.165, 1.54) is 0 Å². The molecule has 0 spiro atoms. The number of alkyl halides is 1. The third-order valence-electron chi connectivity index (χ3n) is 2.88. The summed E-state index contributed by atoms with van der Waals surface area (Å²) in [6, 6.07) is 0.634. The normalized spacial score (nSPS) is 27.9. The molecule has 0 bridgehead atoms. The molecule has 2 unspecified atom stereocenters. The summed E-state index contributed by atoms with van der Waals surface area (Å²) in [6.45, 7) is 9.66. The van der Waals surface area contributed by atoms with Gasteiger partial charge in [-0.1, -0.05) is 13.8 Å². The number of hydrogen-bond acceptors (Lipinski definition) is 2. The van der Waals surface area contributed by atoms with Gasteiger partial charge in [-0.25, -0.2) is 0 Å². The predicted molar refractivity (Wildman–Crippen MR) is 56.3 cm³/mol. The van der Waals surface area contributed by atoms with Crippen LogP contribution in [0.2, 0.25) is 0 Å². The Morgan fingerprint density at radius 1 is 1.46 bits per heavy atom. The Bertz CT molecular complexity index is 152. The van der Waals surface area contributed by atoms with Crippen LogP contribution in [0.15, 0.2) is 0 Å². The van der Waals surface area contributed by atoms with E-state index in [0.29, 0.717) is 17.8 Å². The van der Waals surface area contributed by atoms with Crippen LogP contribution in [-0.2, 0) is 4.74 Å². The molecule has 1 fully saturated rings. The third-order valence-corrected chi connectivity index (χ3v) is 3.23. The number of morpholine rings is 1. The summed E-state index contributed by atoms with van der Waals surface area (Å²) in [5.41, 5.74) is 0. The lowest BCUT2D eigenvalue weighted by Crippen LogP contribution is -2.48. The molecule has 13 heavy (non-hydrogen) atoms. The molecule has 0 saturated carbocycles. The first-order valence-electron chi connectivity index (χ1n) is 5.06. The first kappa shape index (κ1) is 11.3. The smallest absolute Gasteiger partial charge is 0.0837 e. The highest BCUT2D eigenvalue weighted by molar-refractivity contribution is 6.18. The summed E-state index contributed by atoms with van der Waals surface area (Å²) in [5.74, 6) is 1.32. The first-order chi connectivity index (χ1) is 6.15.